The maximum atomic E-state index is 5.05. The zero-order chi connectivity index (χ0) is 7.68. The van der Waals surface area contributed by atoms with Gasteiger partial charge in [0.2, 0.25) is 0 Å². The molecule has 2 nitrogen and oxygen atoms in total. The monoisotopic (exact) mass is 149 g/mol. The Bertz CT molecular complexity index is 238. The molecule has 0 aromatic heterocycles. The van der Waals surface area contributed by atoms with E-state index in [1.54, 1.807) is 7.11 Å². The van der Waals surface area contributed by atoms with Crippen LogP contribution in [-0.2, 0) is 0 Å². The normalized spacial score (nSPS) is 14.8. The first-order valence-corrected chi connectivity index (χ1v) is 3.79. The predicted octanol–water partition coefficient (Wildman–Crippen LogP) is 1.52. The topological polar surface area (TPSA) is 12.2 Å². The molecule has 1 aliphatic heterocycles. The fourth-order valence-corrected chi connectivity index (χ4v) is 1.10. The molecule has 2 heteroatoms. The van der Waals surface area contributed by atoms with Crippen molar-refractivity contribution in [3.05, 3.63) is 24.3 Å². The van der Waals surface area contributed by atoms with Gasteiger partial charge in [-0.25, -0.2) is 0 Å². The summed E-state index contributed by atoms with van der Waals surface area (Å²) in [7, 11) is 1.69. The predicted molar refractivity (Wildman–Crippen MR) is 45.2 cm³/mol. The van der Waals surface area contributed by atoms with E-state index in [2.05, 4.69) is 17.0 Å². The molecule has 0 radical (unpaired) electrons. The van der Waals surface area contributed by atoms with Crippen LogP contribution in [-0.4, -0.2) is 20.2 Å². The van der Waals surface area contributed by atoms with Crippen molar-refractivity contribution in [1.29, 1.82) is 0 Å². The van der Waals surface area contributed by atoms with Crippen LogP contribution in [0.4, 0.5) is 5.69 Å². The Hall–Kier alpha value is -1.18. The largest absolute Gasteiger partial charge is 0.497 e. The molecule has 0 amide bonds. The van der Waals surface area contributed by atoms with Crippen LogP contribution in [0.1, 0.15) is 0 Å². The van der Waals surface area contributed by atoms with Gasteiger partial charge in [-0.05, 0) is 24.3 Å². The summed E-state index contributed by atoms with van der Waals surface area (Å²) in [5, 5.41) is 0. The van der Waals surface area contributed by atoms with Gasteiger partial charge < -0.3 is 9.64 Å². The minimum absolute atomic E-state index is 0.926. The van der Waals surface area contributed by atoms with Crippen LogP contribution in [0.2, 0.25) is 0 Å². The molecule has 0 N–H and O–H groups in total. The van der Waals surface area contributed by atoms with Crippen molar-refractivity contribution in [2.75, 3.05) is 25.1 Å². The number of methoxy groups -OCH3 is 1. The lowest BCUT2D eigenvalue weighted by Crippen LogP contribution is -1.90. The van der Waals surface area contributed by atoms with Crippen molar-refractivity contribution < 1.29 is 4.74 Å². The van der Waals surface area contributed by atoms with E-state index in [1.807, 2.05) is 12.1 Å². The Kier molecular flexibility index (Phi) is 1.46. The second kappa shape index (κ2) is 2.46. The van der Waals surface area contributed by atoms with Crippen LogP contribution in [0.25, 0.3) is 0 Å². The summed E-state index contributed by atoms with van der Waals surface area (Å²) < 4.78 is 5.05. The third kappa shape index (κ3) is 1.29. The molecule has 1 heterocycles. The number of benzene rings is 1. The highest BCUT2D eigenvalue weighted by Gasteiger charge is 2.16. The number of hydrogen-bond donors (Lipinski definition) is 0. The fraction of sp³-hybridized carbons (Fsp3) is 0.333. The van der Waals surface area contributed by atoms with Gasteiger partial charge in [0.15, 0.2) is 0 Å². The van der Waals surface area contributed by atoms with E-state index in [4.69, 9.17) is 4.74 Å². The van der Waals surface area contributed by atoms with E-state index in [0.29, 0.717) is 0 Å². The van der Waals surface area contributed by atoms with Crippen LogP contribution >= 0.6 is 0 Å². The molecule has 0 aliphatic carbocycles. The quantitative estimate of drug-likeness (QED) is 0.591. The molecule has 58 valence electrons. The van der Waals surface area contributed by atoms with Gasteiger partial charge in [0.05, 0.1) is 7.11 Å². The van der Waals surface area contributed by atoms with Crippen LogP contribution in [0.5, 0.6) is 5.75 Å². The summed E-state index contributed by atoms with van der Waals surface area (Å²) in [5.41, 5.74) is 1.30. The average molecular weight is 149 g/mol. The van der Waals surface area contributed by atoms with Crippen LogP contribution in [0.3, 0.4) is 0 Å². The second-order valence-corrected chi connectivity index (χ2v) is 2.69. The molecule has 0 unspecified atom stereocenters. The molecule has 1 aliphatic rings. The lowest BCUT2D eigenvalue weighted by Gasteiger charge is -2.03. The van der Waals surface area contributed by atoms with Crippen molar-refractivity contribution in [2.45, 2.75) is 0 Å². The smallest absolute Gasteiger partial charge is 0.119 e. The first-order chi connectivity index (χ1) is 5.40. The summed E-state index contributed by atoms with van der Waals surface area (Å²) >= 11 is 0. The summed E-state index contributed by atoms with van der Waals surface area (Å²) in [6.07, 6.45) is 0. The van der Waals surface area contributed by atoms with Gasteiger partial charge in [-0.3, -0.25) is 0 Å². The van der Waals surface area contributed by atoms with Gasteiger partial charge in [-0.2, -0.15) is 0 Å². The highest BCUT2D eigenvalue weighted by Crippen LogP contribution is 2.23. The van der Waals surface area contributed by atoms with Crippen molar-refractivity contribution in [3.63, 3.8) is 0 Å². The van der Waals surface area contributed by atoms with Gasteiger partial charge in [-0.1, -0.05) is 0 Å². The van der Waals surface area contributed by atoms with Crippen molar-refractivity contribution >= 4 is 5.69 Å². The SMILES string of the molecule is COc1ccc(N2CC2)cc1. The van der Waals surface area contributed by atoms with Crippen LogP contribution < -0.4 is 9.64 Å². The van der Waals surface area contributed by atoms with E-state index >= 15 is 0 Å². The molecule has 1 aromatic rings. The molecule has 1 aromatic carbocycles. The Balaban J connectivity index is 2.19. The molecule has 1 fully saturated rings. The Labute approximate surface area is 66.4 Å². The summed E-state index contributed by atoms with van der Waals surface area (Å²) in [5.74, 6) is 0.926. The zero-order valence-corrected chi connectivity index (χ0v) is 6.58. The van der Waals surface area contributed by atoms with E-state index in [0.717, 1.165) is 5.75 Å². The average Bonchev–Trinajstić information content (AvgIpc) is 2.87. The molecule has 0 saturated carbocycles. The minimum Gasteiger partial charge on any atom is -0.497 e. The van der Waals surface area contributed by atoms with Crippen molar-refractivity contribution in [1.82, 2.24) is 0 Å². The molecule has 0 spiro atoms. The first kappa shape index (κ1) is 6.53. The van der Waals surface area contributed by atoms with Crippen molar-refractivity contribution in [2.24, 2.45) is 0 Å². The molecule has 1 saturated heterocycles. The van der Waals surface area contributed by atoms with E-state index in [-0.39, 0.29) is 0 Å². The van der Waals surface area contributed by atoms with Gasteiger partial charge >= 0.3 is 0 Å². The van der Waals surface area contributed by atoms with Gasteiger partial charge in [0.25, 0.3) is 0 Å². The lowest BCUT2D eigenvalue weighted by atomic mass is 10.3. The highest BCUT2D eigenvalue weighted by atomic mass is 16.5. The molecule has 11 heavy (non-hydrogen) atoms. The minimum atomic E-state index is 0.926. The standard InChI is InChI=1S/C9H11NO/c1-11-9-4-2-8(3-5-9)10-6-7-10/h2-5H,6-7H2,1H3. The Morgan fingerprint density at radius 1 is 1.18 bits per heavy atom. The number of rotatable bonds is 2. The zero-order valence-electron chi connectivity index (χ0n) is 6.58. The number of hydrogen-bond acceptors (Lipinski definition) is 2. The molecule has 0 atom stereocenters. The molecular formula is C9H11NO. The van der Waals surface area contributed by atoms with Gasteiger partial charge in [0, 0.05) is 18.8 Å². The third-order valence-electron chi connectivity index (χ3n) is 1.88. The lowest BCUT2D eigenvalue weighted by molar-refractivity contribution is 0.415. The van der Waals surface area contributed by atoms with Crippen LogP contribution in [0.15, 0.2) is 24.3 Å². The molecule has 0 bridgehead atoms. The number of ether oxygens (including phenoxy) is 1. The number of nitrogens with zero attached hydrogens (tertiary/aromatic N) is 1. The maximum absolute atomic E-state index is 5.05. The summed E-state index contributed by atoms with van der Waals surface area (Å²) in [6, 6.07) is 8.17. The highest BCUT2D eigenvalue weighted by molar-refractivity contribution is 5.53. The first-order valence-electron chi connectivity index (χ1n) is 3.79. The fourth-order valence-electron chi connectivity index (χ4n) is 1.10. The maximum Gasteiger partial charge on any atom is 0.119 e. The Morgan fingerprint density at radius 2 is 1.82 bits per heavy atom. The van der Waals surface area contributed by atoms with Gasteiger partial charge in [0.1, 0.15) is 5.75 Å². The third-order valence-corrected chi connectivity index (χ3v) is 1.88. The van der Waals surface area contributed by atoms with E-state index in [9.17, 15) is 0 Å². The molecular weight excluding hydrogens is 138 g/mol. The van der Waals surface area contributed by atoms with Crippen molar-refractivity contribution in [3.8, 4) is 5.75 Å². The second-order valence-electron chi connectivity index (χ2n) is 2.69. The van der Waals surface area contributed by atoms with E-state index < -0.39 is 0 Å². The Morgan fingerprint density at radius 3 is 2.27 bits per heavy atom. The molecule has 2 rings (SSSR count). The number of anilines is 1. The van der Waals surface area contributed by atoms with Gasteiger partial charge in [-0.15, -0.1) is 0 Å². The van der Waals surface area contributed by atoms with Crippen LogP contribution in [0, 0.1) is 0 Å². The van der Waals surface area contributed by atoms with E-state index in [1.165, 1.54) is 18.8 Å². The summed E-state index contributed by atoms with van der Waals surface area (Å²) in [4.78, 5) is 2.31. The summed E-state index contributed by atoms with van der Waals surface area (Å²) in [6.45, 7) is 2.40.